The number of ether oxygens (including phenoxy) is 2. The minimum absolute atomic E-state index is 0.126. The molecular formula is C21H29NO5. The van der Waals surface area contributed by atoms with Gasteiger partial charge in [0.15, 0.2) is 0 Å². The summed E-state index contributed by atoms with van der Waals surface area (Å²) in [6.45, 7) is 1.35. The second kappa shape index (κ2) is 8.30. The maximum Gasteiger partial charge on any atom is 0.311 e. The Morgan fingerprint density at radius 2 is 1.93 bits per heavy atom. The average molecular weight is 375 g/mol. The summed E-state index contributed by atoms with van der Waals surface area (Å²) >= 11 is 0. The van der Waals surface area contributed by atoms with Crippen LogP contribution in [0.2, 0.25) is 0 Å². The number of rotatable bonds is 7. The molecule has 1 amide bonds. The van der Waals surface area contributed by atoms with Crippen LogP contribution < -0.4 is 4.74 Å². The van der Waals surface area contributed by atoms with Crippen LogP contribution in [-0.4, -0.2) is 55.8 Å². The molecule has 1 aliphatic carbocycles. The number of nitrogens with zero attached hydrogens (tertiary/aromatic N) is 1. The van der Waals surface area contributed by atoms with Crippen LogP contribution in [0.5, 0.6) is 5.75 Å². The number of likely N-dealkylation sites (tertiary alicyclic amines) is 1. The van der Waals surface area contributed by atoms with Crippen molar-refractivity contribution in [1.29, 1.82) is 0 Å². The van der Waals surface area contributed by atoms with Gasteiger partial charge in [0.05, 0.1) is 18.1 Å². The van der Waals surface area contributed by atoms with Crippen LogP contribution in [0.15, 0.2) is 12.1 Å². The van der Waals surface area contributed by atoms with Gasteiger partial charge in [-0.15, -0.1) is 0 Å². The van der Waals surface area contributed by atoms with Crippen LogP contribution in [-0.2, 0) is 22.4 Å². The van der Waals surface area contributed by atoms with Crippen LogP contribution in [0.3, 0.4) is 0 Å². The highest BCUT2D eigenvalue weighted by Gasteiger charge is 2.43. The van der Waals surface area contributed by atoms with Gasteiger partial charge in [-0.05, 0) is 68.2 Å². The molecule has 6 heteroatoms. The molecule has 2 aliphatic rings. The Labute approximate surface area is 160 Å². The van der Waals surface area contributed by atoms with Gasteiger partial charge in [0.25, 0.3) is 5.91 Å². The van der Waals surface area contributed by atoms with Gasteiger partial charge in [-0.25, -0.2) is 0 Å². The Kier molecular flexibility index (Phi) is 6.05. The fraction of sp³-hybridized carbons (Fsp3) is 0.619. The van der Waals surface area contributed by atoms with Gasteiger partial charge in [0, 0.05) is 26.8 Å². The average Bonchev–Trinajstić information content (AvgIpc) is 3.14. The number of carboxylic acids is 1. The van der Waals surface area contributed by atoms with E-state index in [0.29, 0.717) is 50.1 Å². The molecule has 1 aromatic carbocycles. The first kappa shape index (κ1) is 19.7. The SMILES string of the molecule is COCCC[C@@]1(C(=O)O)CCCN(C(=O)c2cc3c(cc2OC)CCC3)C1. The molecule has 1 atom stereocenters. The minimum Gasteiger partial charge on any atom is -0.496 e. The predicted octanol–water partition coefficient (Wildman–Crippen LogP) is 2.92. The molecule has 0 unspecified atom stereocenters. The van der Waals surface area contributed by atoms with E-state index in [4.69, 9.17) is 9.47 Å². The Bertz CT molecular complexity index is 717. The zero-order chi connectivity index (χ0) is 19.4. The van der Waals surface area contributed by atoms with E-state index in [0.717, 1.165) is 19.3 Å². The van der Waals surface area contributed by atoms with Gasteiger partial charge in [-0.2, -0.15) is 0 Å². The van der Waals surface area contributed by atoms with E-state index < -0.39 is 11.4 Å². The monoisotopic (exact) mass is 375 g/mol. The maximum atomic E-state index is 13.2. The number of aryl methyl sites for hydroxylation is 2. The zero-order valence-electron chi connectivity index (χ0n) is 16.3. The number of hydrogen-bond acceptors (Lipinski definition) is 4. The summed E-state index contributed by atoms with van der Waals surface area (Å²) in [5.41, 5.74) is 2.12. The highest BCUT2D eigenvalue weighted by atomic mass is 16.5. The summed E-state index contributed by atoms with van der Waals surface area (Å²) in [6.07, 6.45) is 5.58. The molecule has 0 aromatic heterocycles. The lowest BCUT2D eigenvalue weighted by molar-refractivity contribution is -0.152. The third kappa shape index (κ3) is 3.95. The number of piperidine rings is 1. The quantitative estimate of drug-likeness (QED) is 0.742. The molecular weight excluding hydrogens is 346 g/mol. The summed E-state index contributed by atoms with van der Waals surface area (Å²) in [5, 5.41) is 9.88. The number of aliphatic carboxylic acids is 1. The summed E-state index contributed by atoms with van der Waals surface area (Å²) in [4.78, 5) is 27.0. The van der Waals surface area contributed by atoms with Crippen LogP contribution in [0, 0.1) is 5.41 Å². The van der Waals surface area contributed by atoms with Gasteiger partial charge in [0.2, 0.25) is 0 Å². The lowest BCUT2D eigenvalue weighted by Crippen LogP contribution is -2.50. The first-order valence-electron chi connectivity index (χ1n) is 9.72. The Balaban J connectivity index is 1.83. The molecule has 0 saturated carbocycles. The van der Waals surface area contributed by atoms with Crippen LogP contribution in [0.4, 0.5) is 0 Å². The third-order valence-corrected chi connectivity index (χ3v) is 5.97. The van der Waals surface area contributed by atoms with Gasteiger partial charge in [0.1, 0.15) is 5.75 Å². The molecule has 3 rings (SSSR count). The van der Waals surface area contributed by atoms with Crippen LogP contribution >= 0.6 is 0 Å². The van der Waals surface area contributed by atoms with E-state index in [2.05, 4.69) is 0 Å². The molecule has 1 aromatic rings. The Morgan fingerprint density at radius 3 is 2.59 bits per heavy atom. The van der Waals surface area contributed by atoms with Crippen LogP contribution in [0.25, 0.3) is 0 Å². The van der Waals surface area contributed by atoms with Crippen molar-refractivity contribution in [1.82, 2.24) is 4.90 Å². The minimum atomic E-state index is -0.892. The molecule has 1 saturated heterocycles. The Hall–Kier alpha value is -2.08. The van der Waals surface area contributed by atoms with Gasteiger partial charge in [-0.3, -0.25) is 9.59 Å². The van der Waals surface area contributed by atoms with E-state index in [1.54, 1.807) is 19.1 Å². The summed E-state index contributed by atoms with van der Waals surface area (Å²) in [5.74, 6) is -0.359. The lowest BCUT2D eigenvalue weighted by Gasteiger charge is -2.40. The third-order valence-electron chi connectivity index (χ3n) is 5.97. The summed E-state index contributed by atoms with van der Waals surface area (Å²) in [7, 11) is 3.19. The highest BCUT2D eigenvalue weighted by Crippen LogP contribution is 2.37. The Morgan fingerprint density at radius 1 is 1.19 bits per heavy atom. The molecule has 1 fully saturated rings. The van der Waals surface area contributed by atoms with Crippen molar-refractivity contribution in [3.05, 3.63) is 28.8 Å². The number of carbonyl (C=O) groups is 2. The van der Waals surface area contributed by atoms with E-state index >= 15 is 0 Å². The van der Waals surface area contributed by atoms with Gasteiger partial charge in [-0.1, -0.05) is 0 Å². The number of amides is 1. The smallest absolute Gasteiger partial charge is 0.311 e. The molecule has 1 aliphatic heterocycles. The number of benzene rings is 1. The zero-order valence-corrected chi connectivity index (χ0v) is 16.3. The first-order chi connectivity index (χ1) is 13.0. The summed E-state index contributed by atoms with van der Waals surface area (Å²) < 4.78 is 10.6. The van der Waals surface area contributed by atoms with Crippen molar-refractivity contribution in [2.45, 2.75) is 44.9 Å². The number of carbonyl (C=O) groups excluding carboxylic acids is 1. The number of fused-ring (bicyclic) bond motifs is 1. The predicted molar refractivity (Wildman–Crippen MR) is 101 cm³/mol. The van der Waals surface area contributed by atoms with E-state index in [1.165, 1.54) is 11.1 Å². The van der Waals surface area contributed by atoms with Crippen LogP contribution in [0.1, 0.15) is 53.6 Å². The number of hydrogen-bond donors (Lipinski definition) is 1. The normalized spacial score (nSPS) is 21.8. The summed E-state index contributed by atoms with van der Waals surface area (Å²) in [6, 6.07) is 3.92. The molecule has 27 heavy (non-hydrogen) atoms. The first-order valence-corrected chi connectivity index (χ1v) is 9.72. The van der Waals surface area contributed by atoms with Crippen molar-refractivity contribution in [2.75, 3.05) is 33.9 Å². The number of carboxylic acid groups (broad SMARTS) is 1. The lowest BCUT2D eigenvalue weighted by atomic mass is 9.76. The molecule has 0 bridgehead atoms. The molecule has 1 heterocycles. The van der Waals surface area contributed by atoms with Crippen molar-refractivity contribution in [3.8, 4) is 5.75 Å². The molecule has 0 radical (unpaired) electrons. The maximum absolute atomic E-state index is 13.2. The van der Waals surface area contributed by atoms with Crippen molar-refractivity contribution < 1.29 is 24.2 Å². The van der Waals surface area contributed by atoms with E-state index in [1.807, 2.05) is 12.1 Å². The molecule has 1 N–H and O–H groups in total. The van der Waals surface area contributed by atoms with Crippen molar-refractivity contribution in [3.63, 3.8) is 0 Å². The number of methoxy groups -OCH3 is 2. The topological polar surface area (TPSA) is 76.1 Å². The van der Waals surface area contributed by atoms with E-state index in [-0.39, 0.29) is 12.5 Å². The second-order valence-corrected chi connectivity index (χ2v) is 7.69. The largest absolute Gasteiger partial charge is 0.496 e. The fourth-order valence-corrected chi connectivity index (χ4v) is 4.45. The second-order valence-electron chi connectivity index (χ2n) is 7.69. The van der Waals surface area contributed by atoms with E-state index in [9.17, 15) is 14.7 Å². The van der Waals surface area contributed by atoms with Crippen molar-refractivity contribution in [2.24, 2.45) is 5.41 Å². The standard InChI is InChI=1S/C21H29NO5/c1-26-11-5-9-21(20(24)25)8-4-10-22(14-21)19(23)17-12-15-6-3-7-16(15)13-18(17)27-2/h12-13H,3-11,14H2,1-2H3,(H,24,25)/t21-/m0/s1. The van der Waals surface area contributed by atoms with Gasteiger partial charge >= 0.3 is 5.97 Å². The molecule has 6 nitrogen and oxygen atoms in total. The van der Waals surface area contributed by atoms with Gasteiger partial charge < -0.3 is 19.5 Å². The fourth-order valence-electron chi connectivity index (χ4n) is 4.45. The van der Waals surface area contributed by atoms with Crippen molar-refractivity contribution >= 4 is 11.9 Å². The molecule has 148 valence electrons. The highest BCUT2D eigenvalue weighted by molar-refractivity contribution is 5.98. The molecule has 0 spiro atoms.